The van der Waals surface area contributed by atoms with E-state index in [1.54, 1.807) is 12.1 Å². The van der Waals surface area contributed by atoms with Gasteiger partial charge >= 0.3 is 6.09 Å². The fourth-order valence-corrected chi connectivity index (χ4v) is 3.80. The molecule has 1 aromatic carbocycles. The second-order valence-electron chi connectivity index (χ2n) is 8.62. The average Bonchev–Trinajstić information content (AvgIpc) is 2.65. The van der Waals surface area contributed by atoms with Gasteiger partial charge in [-0.25, -0.2) is 4.79 Å². The summed E-state index contributed by atoms with van der Waals surface area (Å²) in [5.74, 6) is -0.384. The minimum absolute atomic E-state index is 0.0331. The zero-order chi connectivity index (χ0) is 21.6. The highest BCUT2D eigenvalue weighted by atomic mass is 16.6. The van der Waals surface area contributed by atoms with Crippen molar-refractivity contribution >= 4 is 17.8 Å². The lowest BCUT2D eigenvalue weighted by Crippen LogP contribution is -2.55. The predicted octanol–water partition coefficient (Wildman–Crippen LogP) is 2.74. The molecule has 0 saturated carbocycles. The van der Waals surface area contributed by atoms with E-state index in [2.05, 4.69) is 5.32 Å². The Morgan fingerprint density at radius 1 is 1.24 bits per heavy atom. The highest BCUT2D eigenvalue weighted by Gasteiger charge is 2.37. The maximum absolute atomic E-state index is 12.6. The number of ether oxygens (including phenoxy) is 1. The molecule has 0 spiro atoms. The maximum Gasteiger partial charge on any atom is 0.407 e. The van der Waals surface area contributed by atoms with Crippen molar-refractivity contribution in [1.29, 1.82) is 0 Å². The number of rotatable bonds is 7. The van der Waals surface area contributed by atoms with E-state index < -0.39 is 23.6 Å². The number of ketones is 1. The largest absolute Gasteiger partial charge is 0.444 e. The molecule has 3 atom stereocenters. The van der Waals surface area contributed by atoms with E-state index in [0.717, 1.165) is 12.8 Å². The summed E-state index contributed by atoms with van der Waals surface area (Å²) in [4.78, 5) is 38.7. The van der Waals surface area contributed by atoms with E-state index in [1.807, 2.05) is 50.8 Å². The van der Waals surface area contributed by atoms with E-state index in [9.17, 15) is 14.4 Å². The van der Waals surface area contributed by atoms with Crippen LogP contribution in [0.25, 0.3) is 0 Å². The van der Waals surface area contributed by atoms with E-state index >= 15 is 0 Å². The number of hydrogen-bond donors (Lipinski definition) is 2. The van der Waals surface area contributed by atoms with Crippen LogP contribution in [-0.2, 0) is 9.53 Å². The summed E-state index contributed by atoms with van der Waals surface area (Å²) in [6, 6.07) is 8.39. The Labute approximate surface area is 173 Å². The molecule has 2 rings (SSSR count). The lowest BCUT2D eigenvalue weighted by atomic mass is 9.83. The predicted molar refractivity (Wildman–Crippen MR) is 112 cm³/mol. The van der Waals surface area contributed by atoms with Crippen molar-refractivity contribution in [2.45, 2.75) is 64.6 Å². The number of amides is 2. The standard InChI is InChI=1S/C22H33N3O4/c1-5-17(24-21(28)29-22(2,3)4)16-11-12-25(18(13-16)20(23)27)14-19(26)15-9-7-6-8-10-15/h6-10,16-18H,5,11-14H2,1-4H3,(H2,23,27)(H,24,28)/t16?,17-,18?/m0/s1. The molecule has 1 saturated heterocycles. The van der Waals surface area contributed by atoms with Gasteiger partial charge in [0, 0.05) is 11.6 Å². The second kappa shape index (κ2) is 9.87. The van der Waals surface area contributed by atoms with Crippen molar-refractivity contribution < 1.29 is 19.1 Å². The fraction of sp³-hybridized carbons (Fsp3) is 0.591. The summed E-state index contributed by atoms with van der Waals surface area (Å²) in [5, 5.41) is 2.94. The van der Waals surface area contributed by atoms with Crippen molar-refractivity contribution in [3.05, 3.63) is 35.9 Å². The molecule has 0 bridgehead atoms. The molecule has 1 aliphatic heterocycles. The Hall–Kier alpha value is -2.41. The Balaban J connectivity index is 2.02. The number of piperidine rings is 1. The van der Waals surface area contributed by atoms with Crippen LogP contribution in [0.15, 0.2) is 30.3 Å². The van der Waals surface area contributed by atoms with Gasteiger partial charge in [-0.2, -0.15) is 0 Å². The topological polar surface area (TPSA) is 102 Å². The number of nitrogens with two attached hydrogens (primary N) is 1. The van der Waals surface area contributed by atoms with Crippen LogP contribution in [-0.4, -0.2) is 53.5 Å². The summed E-state index contributed by atoms with van der Waals surface area (Å²) in [6.45, 7) is 8.17. The second-order valence-corrected chi connectivity index (χ2v) is 8.62. The van der Waals surface area contributed by atoms with Crippen molar-refractivity contribution in [2.24, 2.45) is 11.7 Å². The molecular weight excluding hydrogens is 370 g/mol. The number of carbonyl (C=O) groups is 3. The van der Waals surface area contributed by atoms with E-state index in [1.165, 1.54) is 0 Å². The minimum Gasteiger partial charge on any atom is -0.444 e. The molecule has 1 aromatic rings. The maximum atomic E-state index is 12.6. The molecule has 2 amide bonds. The van der Waals surface area contributed by atoms with Crippen LogP contribution in [0.3, 0.4) is 0 Å². The molecule has 0 aromatic heterocycles. The van der Waals surface area contributed by atoms with Crippen LogP contribution in [0.2, 0.25) is 0 Å². The van der Waals surface area contributed by atoms with Crippen LogP contribution in [0.1, 0.15) is 57.3 Å². The molecule has 29 heavy (non-hydrogen) atoms. The molecule has 1 aliphatic rings. The van der Waals surface area contributed by atoms with Crippen LogP contribution in [0.4, 0.5) is 4.79 Å². The third-order valence-electron chi connectivity index (χ3n) is 5.24. The molecule has 1 heterocycles. The molecule has 160 valence electrons. The highest BCUT2D eigenvalue weighted by Crippen LogP contribution is 2.27. The van der Waals surface area contributed by atoms with Gasteiger partial charge in [0.05, 0.1) is 12.6 Å². The van der Waals surface area contributed by atoms with Gasteiger partial charge in [0.2, 0.25) is 5.91 Å². The summed E-state index contributed by atoms with van der Waals surface area (Å²) in [5.41, 5.74) is 5.71. The third-order valence-corrected chi connectivity index (χ3v) is 5.24. The van der Waals surface area contributed by atoms with E-state index in [-0.39, 0.29) is 24.3 Å². The van der Waals surface area contributed by atoms with Gasteiger partial charge in [-0.3, -0.25) is 14.5 Å². The van der Waals surface area contributed by atoms with Gasteiger partial charge in [0.25, 0.3) is 0 Å². The fourth-order valence-electron chi connectivity index (χ4n) is 3.80. The molecule has 2 unspecified atom stereocenters. The Morgan fingerprint density at radius 2 is 1.90 bits per heavy atom. The monoisotopic (exact) mass is 403 g/mol. The third kappa shape index (κ3) is 6.85. The molecule has 0 aliphatic carbocycles. The number of nitrogens with one attached hydrogen (secondary N) is 1. The highest BCUT2D eigenvalue weighted by molar-refractivity contribution is 5.98. The lowest BCUT2D eigenvalue weighted by molar-refractivity contribution is -0.125. The quantitative estimate of drug-likeness (QED) is 0.682. The van der Waals surface area contributed by atoms with Crippen molar-refractivity contribution in [3.63, 3.8) is 0 Å². The van der Waals surface area contributed by atoms with Gasteiger partial charge in [-0.15, -0.1) is 0 Å². The van der Waals surface area contributed by atoms with Crippen LogP contribution >= 0.6 is 0 Å². The van der Waals surface area contributed by atoms with Crippen molar-refractivity contribution in [2.75, 3.05) is 13.1 Å². The summed E-state index contributed by atoms with van der Waals surface area (Å²) < 4.78 is 5.36. The molecule has 7 nitrogen and oxygen atoms in total. The van der Waals surface area contributed by atoms with Gasteiger partial charge < -0.3 is 15.8 Å². The Kier molecular flexibility index (Phi) is 7.79. The number of hydrogen-bond acceptors (Lipinski definition) is 5. The van der Waals surface area contributed by atoms with Crippen LogP contribution < -0.4 is 11.1 Å². The average molecular weight is 404 g/mol. The number of nitrogens with zero attached hydrogens (tertiary/aromatic N) is 1. The lowest BCUT2D eigenvalue weighted by Gasteiger charge is -2.40. The van der Waals surface area contributed by atoms with Crippen LogP contribution in [0.5, 0.6) is 0 Å². The number of primary amides is 1. The summed E-state index contributed by atoms with van der Waals surface area (Å²) in [7, 11) is 0. The van der Waals surface area contributed by atoms with Crippen molar-refractivity contribution in [1.82, 2.24) is 10.2 Å². The molecule has 0 radical (unpaired) electrons. The molecule has 3 N–H and O–H groups in total. The van der Waals surface area contributed by atoms with Gasteiger partial charge in [0.15, 0.2) is 5.78 Å². The number of carbonyl (C=O) groups excluding carboxylic acids is 3. The van der Waals surface area contributed by atoms with Gasteiger partial charge in [-0.05, 0) is 52.5 Å². The molecule has 1 fully saturated rings. The number of benzene rings is 1. The van der Waals surface area contributed by atoms with E-state index in [0.29, 0.717) is 18.5 Å². The number of Topliss-reactive ketones (excluding diaryl/α,β-unsaturated/α-hetero) is 1. The van der Waals surface area contributed by atoms with E-state index in [4.69, 9.17) is 10.5 Å². The number of alkyl carbamates (subject to hydrolysis) is 1. The normalized spacial score (nSPS) is 21.2. The van der Waals surface area contributed by atoms with Crippen LogP contribution in [0, 0.1) is 5.92 Å². The SMILES string of the molecule is CC[C@H](NC(=O)OC(C)(C)C)C1CCN(CC(=O)c2ccccc2)C(C(N)=O)C1. The first-order valence-corrected chi connectivity index (χ1v) is 10.2. The zero-order valence-corrected chi connectivity index (χ0v) is 17.8. The zero-order valence-electron chi connectivity index (χ0n) is 17.8. The number of likely N-dealkylation sites (tertiary alicyclic amines) is 1. The van der Waals surface area contributed by atoms with Crippen molar-refractivity contribution in [3.8, 4) is 0 Å². The first-order valence-electron chi connectivity index (χ1n) is 10.2. The summed E-state index contributed by atoms with van der Waals surface area (Å²) in [6.07, 6.45) is 1.53. The van der Waals surface area contributed by atoms with Gasteiger partial charge in [-0.1, -0.05) is 37.3 Å². The first kappa shape index (κ1) is 22.9. The Morgan fingerprint density at radius 3 is 2.45 bits per heavy atom. The Bertz CT molecular complexity index is 715. The first-order chi connectivity index (χ1) is 13.6. The molecule has 7 heteroatoms. The minimum atomic E-state index is -0.570. The molecular formula is C22H33N3O4. The summed E-state index contributed by atoms with van der Waals surface area (Å²) >= 11 is 0. The van der Waals surface area contributed by atoms with Gasteiger partial charge in [0.1, 0.15) is 5.60 Å². The smallest absolute Gasteiger partial charge is 0.407 e.